The summed E-state index contributed by atoms with van der Waals surface area (Å²) in [6.45, 7) is 7.95. The molecule has 0 aliphatic rings. The molecule has 236 valence electrons. The monoisotopic (exact) mass is 625 g/mol. The summed E-state index contributed by atoms with van der Waals surface area (Å²) < 4.78 is 29.8. The van der Waals surface area contributed by atoms with Gasteiger partial charge in [0.2, 0.25) is 11.8 Å². The van der Waals surface area contributed by atoms with Crippen molar-refractivity contribution in [1.82, 2.24) is 10.2 Å². The first-order chi connectivity index (χ1) is 21.6. The van der Waals surface area contributed by atoms with Crippen molar-refractivity contribution in [3.8, 4) is 0 Å². The summed E-state index contributed by atoms with van der Waals surface area (Å²) >= 11 is 0. The molecule has 0 saturated carbocycles. The van der Waals surface area contributed by atoms with Crippen LogP contribution in [0.5, 0.6) is 0 Å². The zero-order valence-corrected chi connectivity index (χ0v) is 27.4. The lowest BCUT2D eigenvalue weighted by Crippen LogP contribution is -2.53. The predicted octanol–water partition coefficient (Wildman–Crippen LogP) is 6.23. The molecule has 0 aromatic heterocycles. The second-order valence-corrected chi connectivity index (χ2v) is 13.2. The molecule has 2 amide bonds. The molecule has 0 saturated heterocycles. The summed E-state index contributed by atoms with van der Waals surface area (Å²) in [5.74, 6) is -0.743. The number of nitrogens with one attached hydrogen (secondary N) is 1. The fourth-order valence-corrected chi connectivity index (χ4v) is 6.67. The van der Waals surface area contributed by atoms with Crippen LogP contribution < -0.4 is 9.62 Å². The minimum atomic E-state index is -4.14. The fraction of sp³-hybridized carbons (Fsp3) is 0.297. The van der Waals surface area contributed by atoms with Crippen LogP contribution in [-0.4, -0.2) is 44.3 Å². The highest BCUT2D eigenvalue weighted by Gasteiger charge is 2.35. The molecule has 0 unspecified atom stereocenters. The normalized spacial score (nSPS) is 11.9. The van der Waals surface area contributed by atoms with Crippen LogP contribution in [0.15, 0.2) is 108 Å². The molecule has 0 fully saturated rings. The number of amides is 2. The van der Waals surface area contributed by atoms with E-state index in [2.05, 4.69) is 5.32 Å². The Morgan fingerprint density at radius 2 is 1.36 bits per heavy atom. The molecule has 4 rings (SSSR count). The standard InChI is InChI=1S/C37H43N3O4S/c1-5-24-38-37(42)35(25-30-12-8-7-9-13-30)39(26-31-20-16-28(3)17-21-31)36(41)27-40(34-15-11-10-14-32(34)6-2)45(43,44)33-22-18-29(4)19-23-33/h7-23,35H,5-6,24-27H2,1-4H3,(H,38,42)/t35-/m1/s1. The zero-order chi connectivity index (χ0) is 32.4. The SMILES string of the molecule is CCCNC(=O)[C@@H](Cc1ccccc1)N(Cc1ccc(C)cc1)C(=O)CN(c1ccccc1CC)S(=O)(=O)c1ccc(C)cc1. The van der Waals surface area contributed by atoms with Gasteiger partial charge in [0.05, 0.1) is 10.6 Å². The average molecular weight is 626 g/mol. The fourth-order valence-electron chi connectivity index (χ4n) is 5.21. The third-order valence-corrected chi connectivity index (χ3v) is 9.60. The molecular weight excluding hydrogens is 582 g/mol. The molecule has 1 N–H and O–H groups in total. The first kappa shape index (κ1) is 33.5. The molecule has 1 atom stereocenters. The van der Waals surface area contributed by atoms with Crippen molar-refractivity contribution in [3.05, 3.63) is 131 Å². The lowest BCUT2D eigenvalue weighted by Gasteiger charge is -2.34. The average Bonchev–Trinajstić information content (AvgIpc) is 3.05. The third kappa shape index (κ3) is 8.60. The first-order valence-electron chi connectivity index (χ1n) is 15.5. The highest BCUT2D eigenvalue weighted by molar-refractivity contribution is 7.92. The molecule has 45 heavy (non-hydrogen) atoms. The van der Waals surface area contributed by atoms with E-state index in [0.717, 1.165) is 34.2 Å². The number of carbonyl (C=O) groups excluding carboxylic acids is 2. The highest BCUT2D eigenvalue weighted by Crippen LogP contribution is 2.28. The van der Waals surface area contributed by atoms with Crippen LogP contribution in [0.4, 0.5) is 5.69 Å². The van der Waals surface area contributed by atoms with Crippen molar-refractivity contribution in [3.63, 3.8) is 0 Å². The molecule has 8 heteroatoms. The van der Waals surface area contributed by atoms with Gasteiger partial charge in [0.25, 0.3) is 10.0 Å². The van der Waals surface area contributed by atoms with E-state index in [4.69, 9.17) is 0 Å². The minimum absolute atomic E-state index is 0.0958. The van der Waals surface area contributed by atoms with Crippen molar-refractivity contribution in [2.24, 2.45) is 0 Å². The molecule has 4 aromatic carbocycles. The van der Waals surface area contributed by atoms with E-state index < -0.39 is 28.5 Å². The smallest absolute Gasteiger partial charge is 0.264 e. The van der Waals surface area contributed by atoms with Crippen LogP contribution >= 0.6 is 0 Å². The minimum Gasteiger partial charge on any atom is -0.354 e. The summed E-state index contributed by atoms with van der Waals surface area (Å²) in [5.41, 5.74) is 4.99. The highest BCUT2D eigenvalue weighted by atomic mass is 32.2. The lowest BCUT2D eigenvalue weighted by molar-refractivity contribution is -0.140. The van der Waals surface area contributed by atoms with Gasteiger partial charge in [-0.25, -0.2) is 8.42 Å². The Morgan fingerprint density at radius 3 is 1.98 bits per heavy atom. The Kier molecular flexibility index (Phi) is 11.5. The number of sulfonamides is 1. The van der Waals surface area contributed by atoms with E-state index in [1.807, 2.05) is 94.4 Å². The lowest BCUT2D eigenvalue weighted by atomic mass is 10.0. The maximum absolute atomic E-state index is 14.6. The Morgan fingerprint density at radius 1 is 0.756 bits per heavy atom. The number of rotatable bonds is 14. The van der Waals surface area contributed by atoms with E-state index in [1.165, 1.54) is 9.21 Å². The summed E-state index contributed by atoms with van der Waals surface area (Å²) in [4.78, 5) is 30.0. The van der Waals surface area contributed by atoms with Gasteiger partial charge in [-0.2, -0.15) is 0 Å². The zero-order valence-electron chi connectivity index (χ0n) is 26.6. The van der Waals surface area contributed by atoms with Gasteiger partial charge in [0, 0.05) is 19.5 Å². The molecular formula is C37H43N3O4S. The number of benzene rings is 4. The molecule has 0 spiro atoms. The molecule has 0 radical (unpaired) electrons. The maximum atomic E-state index is 14.6. The Balaban J connectivity index is 1.82. The summed E-state index contributed by atoms with van der Waals surface area (Å²) in [6, 6.07) is 30.4. The van der Waals surface area contributed by atoms with Crippen LogP contribution in [0.2, 0.25) is 0 Å². The molecule has 4 aromatic rings. The summed E-state index contributed by atoms with van der Waals surface area (Å²) in [7, 11) is -4.14. The Bertz CT molecular complexity index is 1670. The van der Waals surface area contributed by atoms with Gasteiger partial charge >= 0.3 is 0 Å². The second kappa shape index (κ2) is 15.5. The third-order valence-electron chi connectivity index (χ3n) is 7.82. The van der Waals surface area contributed by atoms with Crippen molar-refractivity contribution < 1.29 is 18.0 Å². The number of nitrogens with zero attached hydrogens (tertiary/aromatic N) is 2. The van der Waals surface area contributed by atoms with Gasteiger partial charge in [0.15, 0.2) is 0 Å². The summed E-state index contributed by atoms with van der Waals surface area (Å²) in [6.07, 6.45) is 1.60. The number of para-hydroxylation sites is 1. The number of hydrogen-bond donors (Lipinski definition) is 1. The predicted molar refractivity (Wildman–Crippen MR) is 180 cm³/mol. The molecule has 0 heterocycles. The number of aryl methyl sites for hydroxylation is 3. The van der Waals surface area contributed by atoms with Crippen molar-refractivity contribution in [2.45, 2.75) is 64.4 Å². The van der Waals surface area contributed by atoms with E-state index >= 15 is 0 Å². The van der Waals surface area contributed by atoms with Crippen LogP contribution in [0, 0.1) is 13.8 Å². The topological polar surface area (TPSA) is 86.8 Å². The Labute approximate surface area is 268 Å². The quantitative estimate of drug-likeness (QED) is 0.180. The van der Waals surface area contributed by atoms with Gasteiger partial charge in [0.1, 0.15) is 12.6 Å². The number of hydrogen-bond acceptors (Lipinski definition) is 4. The van der Waals surface area contributed by atoms with E-state index in [1.54, 1.807) is 36.4 Å². The van der Waals surface area contributed by atoms with Crippen LogP contribution in [0.3, 0.4) is 0 Å². The van der Waals surface area contributed by atoms with Gasteiger partial charge in [-0.3, -0.25) is 13.9 Å². The largest absolute Gasteiger partial charge is 0.354 e. The van der Waals surface area contributed by atoms with Gasteiger partial charge in [-0.15, -0.1) is 0 Å². The second-order valence-electron chi connectivity index (χ2n) is 11.3. The first-order valence-corrected chi connectivity index (χ1v) is 16.9. The molecule has 0 aliphatic heterocycles. The number of anilines is 1. The van der Waals surface area contributed by atoms with Crippen molar-refractivity contribution >= 4 is 27.5 Å². The van der Waals surface area contributed by atoms with E-state index in [0.29, 0.717) is 18.7 Å². The molecule has 0 bridgehead atoms. The van der Waals surface area contributed by atoms with E-state index in [-0.39, 0.29) is 23.8 Å². The number of carbonyl (C=O) groups is 2. The van der Waals surface area contributed by atoms with Crippen molar-refractivity contribution in [1.29, 1.82) is 0 Å². The van der Waals surface area contributed by atoms with Crippen LogP contribution in [-0.2, 0) is 39.0 Å². The molecule has 0 aliphatic carbocycles. The van der Waals surface area contributed by atoms with Crippen LogP contribution in [0.25, 0.3) is 0 Å². The van der Waals surface area contributed by atoms with Crippen LogP contribution in [0.1, 0.15) is 48.1 Å². The Hall–Kier alpha value is -4.43. The summed E-state index contributed by atoms with van der Waals surface area (Å²) in [5, 5.41) is 2.98. The van der Waals surface area contributed by atoms with Gasteiger partial charge in [-0.1, -0.05) is 110 Å². The van der Waals surface area contributed by atoms with Gasteiger partial charge in [-0.05, 0) is 61.6 Å². The van der Waals surface area contributed by atoms with E-state index in [9.17, 15) is 18.0 Å². The van der Waals surface area contributed by atoms with Gasteiger partial charge < -0.3 is 10.2 Å². The molecule has 7 nitrogen and oxygen atoms in total. The van der Waals surface area contributed by atoms with Crippen molar-refractivity contribution in [2.75, 3.05) is 17.4 Å². The maximum Gasteiger partial charge on any atom is 0.264 e.